The Kier molecular flexibility index (Phi) is 12.4. The number of esters is 1. The van der Waals surface area contributed by atoms with Crippen LogP contribution in [0.1, 0.15) is 38.9 Å². The topological polar surface area (TPSA) is 257 Å². The van der Waals surface area contributed by atoms with Crippen molar-refractivity contribution in [2.45, 2.75) is 31.5 Å². The second kappa shape index (κ2) is 17.0. The average Bonchev–Trinajstić information content (AvgIpc) is 3.54. The number of carbonyl (C=O) groups is 2. The highest BCUT2D eigenvalue weighted by molar-refractivity contribution is 7.65. The van der Waals surface area contributed by atoms with Crippen LogP contribution in [-0.2, 0) is 47.4 Å². The lowest BCUT2D eigenvalue weighted by atomic mass is 10.1. The maximum Gasteiger partial charge on any atom is 0.351 e. The van der Waals surface area contributed by atoms with Crippen LogP contribution in [-0.4, -0.2) is 40.2 Å². The Bertz CT molecular complexity index is 2380. The fourth-order valence-corrected chi connectivity index (χ4v) is 8.72. The average molecular weight is 813 g/mol. The third-order valence-corrected chi connectivity index (χ3v) is 12.0. The fraction of sp³-hybridized carbons (Fsp3) is 0.176. The monoisotopic (exact) mass is 812 g/mol. The van der Waals surface area contributed by atoms with Gasteiger partial charge in [-0.05, 0) is 52.7 Å². The van der Waals surface area contributed by atoms with E-state index in [1.807, 2.05) is 6.07 Å². The summed E-state index contributed by atoms with van der Waals surface area (Å²) in [6, 6.07) is 29.1. The van der Waals surface area contributed by atoms with Crippen LogP contribution in [0.2, 0.25) is 0 Å². The van der Waals surface area contributed by atoms with Crippen molar-refractivity contribution >= 4 is 51.9 Å². The van der Waals surface area contributed by atoms with Crippen molar-refractivity contribution in [2.75, 3.05) is 11.9 Å². The molecule has 0 saturated carbocycles. The normalized spacial score (nSPS) is 20.2. The van der Waals surface area contributed by atoms with Gasteiger partial charge in [0.05, 0.1) is 18.8 Å². The maximum atomic E-state index is 13.0. The molecule has 4 aromatic carbocycles. The Labute approximate surface area is 312 Å². The summed E-state index contributed by atoms with van der Waals surface area (Å²) in [6.45, 7) is -1.69. The van der Waals surface area contributed by atoms with Crippen molar-refractivity contribution in [1.82, 2.24) is 9.55 Å². The predicted octanol–water partition coefficient (Wildman–Crippen LogP) is 3.83. The molecule has 1 aliphatic rings. The summed E-state index contributed by atoms with van der Waals surface area (Å²) in [5, 5.41) is 4.08. The minimum absolute atomic E-state index is 0.0875. The number of nitrogens with zero attached hydrogens (tertiary/aromatic N) is 2. The van der Waals surface area contributed by atoms with Crippen LogP contribution in [0.25, 0.3) is 10.8 Å². The number of amides is 1. The van der Waals surface area contributed by atoms with Gasteiger partial charge < -0.3 is 38.5 Å². The second-order valence-corrected chi connectivity index (χ2v) is 16.3. The first-order chi connectivity index (χ1) is 26.2. The molecule has 6 rings (SSSR count). The summed E-state index contributed by atoms with van der Waals surface area (Å²) in [6.07, 6.45) is -2.99. The number of benzene rings is 4. The molecule has 55 heavy (non-hydrogen) atoms. The first-order valence-corrected chi connectivity index (χ1v) is 20.5. The number of rotatable bonds is 15. The number of phosphoric acid groups is 3. The molecule has 1 N–H and O–H groups in total. The van der Waals surface area contributed by atoms with Gasteiger partial charge in [0.25, 0.3) is 29.4 Å². The minimum Gasteiger partial charge on any atom is -0.756 e. The van der Waals surface area contributed by atoms with E-state index in [4.69, 9.17) is 14.0 Å². The molecule has 6 atom stereocenters. The van der Waals surface area contributed by atoms with Crippen LogP contribution >= 0.6 is 23.5 Å². The van der Waals surface area contributed by atoms with Gasteiger partial charge >= 0.3 is 11.7 Å². The number of anilines is 1. The minimum atomic E-state index is -6.20. The zero-order valence-electron chi connectivity index (χ0n) is 28.2. The number of hydrogen-bond donors (Lipinski definition) is 1. The van der Waals surface area contributed by atoms with E-state index in [0.29, 0.717) is 11.1 Å². The fourth-order valence-electron chi connectivity index (χ4n) is 5.36. The molecule has 1 saturated heterocycles. The summed E-state index contributed by atoms with van der Waals surface area (Å²) in [5.74, 6) is -1.47. The maximum absolute atomic E-state index is 13.0. The molecule has 288 valence electrons. The van der Waals surface area contributed by atoms with Gasteiger partial charge in [-0.3, -0.25) is 23.1 Å². The van der Waals surface area contributed by atoms with E-state index < -0.39 is 72.7 Å². The quantitative estimate of drug-likeness (QED) is 0.116. The molecule has 3 unspecified atom stereocenters. The van der Waals surface area contributed by atoms with Crippen molar-refractivity contribution in [3.8, 4) is 0 Å². The van der Waals surface area contributed by atoms with Gasteiger partial charge in [-0.15, -0.1) is 0 Å². The highest BCUT2D eigenvalue weighted by Crippen LogP contribution is 2.63. The van der Waals surface area contributed by atoms with Gasteiger partial charge in [-0.2, -0.15) is 4.98 Å². The standard InChI is InChI=1S/C34H32N3O15P3/c38-32(25-10-3-1-4-11-25)35-30-17-18-37(34(40)36-30)31-20-28(50-33(39)26-12-5-2-6-13-26)29(49-31)22-48-54(43,44)52-55(45,46)51-53(41,42)47-21-23-15-16-24-9-7-8-14-27(24)19-23/h1-19,28-29,31H,20-22H2,(H,41,42)(H,43,44)(H,45,46)(H,35,36,38,40)/p-3/t28-,29-,31-/m1/s1. The summed E-state index contributed by atoms with van der Waals surface area (Å²) in [7, 11) is -17.8. The molecule has 1 fully saturated rings. The number of nitrogens with one attached hydrogen (secondary N) is 1. The van der Waals surface area contributed by atoms with Crippen LogP contribution in [0.5, 0.6) is 0 Å². The summed E-state index contributed by atoms with van der Waals surface area (Å²) in [4.78, 5) is 79.5. The molecule has 18 nitrogen and oxygen atoms in total. The Hall–Kier alpha value is -4.67. The second-order valence-electron chi connectivity index (χ2n) is 11.8. The smallest absolute Gasteiger partial charge is 0.351 e. The van der Waals surface area contributed by atoms with Crippen molar-refractivity contribution < 1.29 is 65.1 Å². The molecular formula is C34H29N3O15P3-3. The van der Waals surface area contributed by atoms with Gasteiger partial charge in [0.2, 0.25) is 0 Å². The Morgan fingerprint density at radius 1 is 0.782 bits per heavy atom. The van der Waals surface area contributed by atoms with Crippen molar-refractivity contribution in [1.29, 1.82) is 0 Å². The Morgan fingerprint density at radius 3 is 2.07 bits per heavy atom. The zero-order chi connectivity index (χ0) is 39.2. The van der Waals surface area contributed by atoms with Gasteiger partial charge in [-0.1, -0.05) is 72.8 Å². The van der Waals surface area contributed by atoms with E-state index in [1.54, 1.807) is 78.9 Å². The molecule has 1 amide bonds. The summed E-state index contributed by atoms with van der Waals surface area (Å²) >= 11 is 0. The third kappa shape index (κ3) is 11.0. The molecule has 0 aliphatic carbocycles. The zero-order valence-corrected chi connectivity index (χ0v) is 30.9. The van der Waals surface area contributed by atoms with E-state index in [-0.39, 0.29) is 17.8 Å². The van der Waals surface area contributed by atoms with Gasteiger partial charge in [0.15, 0.2) is 0 Å². The van der Waals surface area contributed by atoms with Crippen LogP contribution in [0.3, 0.4) is 0 Å². The summed E-state index contributed by atoms with van der Waals surface area (Å²) < 4.78 is 66.8. The molecule has 5 aromatic rings. The van der Waals surface area contributed by atoms with Crippen molar-refractivity contribution in [3.05, 3.63) is 143 Å². The van der Waals surface area contributed by atoms with Crippen molar-refractivity contribution in [3.63, 3.8) is 0 Å². The highest BCUT2D eigenvalue weighted by atomic mass is 31.3. The van der Waals surface area contributed by atoms with Crippen LogP contribution in [0, 0.1) is 0 Å². The molecule has 21 heteroatoms. The number of ether oxygens (including phenoxy) is 2. The van der Waals surface area contributed by atoms with E-state index in [0.717, 1.165) is 15.3 Å². The Balaban J connectivity index is 1.10. The lowest BCUT2D eigenvalue weighted by Gasteiger charge is -2.34. The number of fused-ring (bicyclic) bond motifs is 1. The van der Waals surface area contributed by atoms with Gasteiger partial charge in [0.1, 0.15) is 24.3 Å². The number of phosphoric ester groups is 2. The molecular weight excluding hydrogens is 783 g/mol. The van der Waals surface area contributed by atoms with E-state index in [1.165, 1.54) is 30.5 Å². The largest absolute Gasteiger partial charge is 0.756 e. The van der Waals surface area contributed by atoms with Gasteiger partial charge in [-0.25, -0.2) is 18.2 Å². The number of carbonyl (C=O) groups excluding carboxylic acids is 2. The summed E-state index contributed by atoms with van der Waals surface area (Å²) in [5.41, 5.74) is -0.141. The van der Waals surface area contributed by atoms with Crippen LogP contribution in [0.15, 0.2) is 120 Å². The molecule has 0 spiro atoms. The van der Waals surface area contributed by atoms with Crippen molar-refractivity contribution in [2.24, 2.45) is 0 Å². The van der Waals surface area contributed by atoms with E-state index >= 15 is 0 Å². The lowest BCUT2D eigenvalue weighted by Crippen LogP contribution is -2.32. The predicted molar refractivity (Wildman–Crippen MR) is 187 cm³/mol. The van der Waals surface area contributed by atoms with E-state index in [2.05, 4.69) is 23.4 Å². The van der Waals surface area contributed by atoms with Crippen LogP contribution in [0.4, 0.5) is 5.82 Å². The lowest BCUT2D eigenvalue weighted by molar-refractivity contribution is -0.252. The Morgan fingerprint density at radius 2 is 1.40 bits per heavy atom. The van der Waals surface area contributed by atoms with Gasteiger partial charge in [0, 0.05) is 18.2 Å². The molecule has 1 aliphatic heterocycles. The molecule has 0 radical (unpaired) electrons. The molecule has 2 heterocycles. The number of aromatic nitrogens is 2. The molecule has 0 bridgehead atoms. The third-order valence-electron chi connectivity index (χ3n) is 7.87. The number of hydrogen-bond acceptors (Lipinski definition) is 16. The first-order valence-electron chi connectivity index (χ1n) is 16.1. The van der Waals surface area contributed by atoms with E-state index in [9.17, 15) is 42.8 Å². The van der Waals surface area contributed by atoms with Crippen LogP contribution < -0.4 is 25.7 Å². The first kappa shape index (κ1) is 40.0. The highest BCUT2D eigenvalue weighted by Gasteiger charge is 2.41. The molecule has 1 aromatic heterocycles. The SMILES string of the molecule is O=C(Nc1ccn([C@H]2C[C@@H](OC(=O)c3ccccc3)[C@@H](COP(=O)([O-])OP(=O)([O-])OP(=O)([O-])OCc3ccc4ccccc4c3)O2)c(=O)n1)c1ccccc1.